The molecule has 8 nitrogen and oxygen atoms in total. The molecule has 2 heterocycles. The van der Waals surface area contributed by atoms with Gasteiger partial charge in [0.15, 0.2) is 11.2 Å². The summed E-state index contributed by atoms with van der Waals surface area (Å²) in [7, 11) is 0. The van der Waals surface area contributed by atoms with Crippen molar-refractivity contribution in [3.63, 3.8) is 0 Å². The van der Waals surface area contributed by atoms with Crippen LogP contribution in [0.2, 0.25) is 0 Å². The van der Waals surface area contributed by atoms with Crippen molar-refractivity contribution in [1.29, 1.82) is 0 Å². The van der Waals surface area contributed by atoms with Crippen molar-refractivity contribution in [2.45, 2.75) is 96.1 Å². The van der Waals surface area contributed by atoms with Crippen LogP contribution < -0.4 is 5.56 Å². The van der Waals surface area contributed by atoms with Crippen LogP contribution in [-0.2, 0) is 0 Å². The van der Waals surface area contributed by atoms with E-state index >= 15 is 0 Å². The predicted molar refractivity (Wildman–Crippen MR) is 110 cm³/mol. The van der Waals surface area contributed by atoms with Gasteiger partial charge in [-0.25, -0.2) is 9.97 Å². The molecule has 3 rings (SSSR count). The average Bonchev–Trinajstić information content (AvgIpc) is 3.13. The molecule has 0 aliphatic heterocycles. The predicted octanol–water partition coefficient (Wildman–Crippen LogP) is 5.38. The van der Waals surface area contributed by atoms with E-state index in [0.717, 1.165) is 37.9 Å². The highest BCUT2D eigenvalue weighted by molar-refractivity contribution is 5.69. The van der Waals surface area contributed by atoms with E-state index in [4.69, 9.17) is 10.5 Å². The molecular formula is C20H31N7O. The van der Waals surface area contributed by atoms with E-state index in [9.17, 15) is 4.79 Å². The zero-order valence-corrected chi connectivity index (χ0v) is 17.0. The number of hydrogen-bond acceptors (Lipinski definition) is 4. The summed E-state index contributed by atoms with van der Waals surface area (Å²) in [6.45, 7) is 4.11. The van der Waals surface area contributed by atoms with Crippen molar-refractivity contribution in [2.75, 3.05) is 0 Å². The Bertz CT molecular complexity index is 874. The summed E-state index contributed by atoms with van der Waals surface area (Å²) >= 11 is 0. The topological polar surface area (TPSA) is 112 Å². The van der Waals surface area contributed by atoms with Crippen molar-refractivity contribution in [3.05, 3.63) is 32.9 Å². The normalized spacial score (nSPS) is 17.4. The van der Waals surface area contributed by atoms with Gasteiger partial charge < -0.3 is 9.55 Å². The van der Waals surface area contributed by atoms with E-state index in [1.807, 2.05) is 11.5 Å². The summed E-state index contributed by atoms with van der Waals surface area (Å²) in [5.74, 6) is 1.09. The molecule has 0 bridgehead atoms. The molecule has 2 aromatic heterocycles. The minimum Gasteiger partial charge on any atom is -0.312 e. The number of nitrogens with one attached hydrogen (secondary N) is 1. The number of unbranched alkanes of at least 4 members (excludes halogenated alkanes) is 3. The fourth-order valence-corrected chi connectivity index (χ4v) is 4.31. The molecule has 0 spiro atoms. The molecule has 1 N–H and O–H groups in total. The van der Waals surface area contributed by atoms with E-state index in [1.54, 1.807) is 6.33 Å². The Morgan fingerprint density at radius 1 is 1.32 bits per heavy atom. The Labute approximate surface area is 165 Å². The van der Waals surface area contributed by atoms with Gasteiger partial charge in [-0.05, 0) is 24.8 Å². The first-order valence-electron chi connectivity index (χ1n) is 10.7. The van der Waals surface area contributed by atoms with Crippen LogP contribution in [0.3, 0.4) is 0 Å². The molecule has 28 heavy (non-hydrogen) atoms. The maximum Gasteiger partial charge on any atom is 0.279 e. The number of rotatable bonds is 9. The van der Waals surface area contributed by atoms with Gasteiger partial charge in [-0.15, -0.1) is 0 Å². The van der Waals surface area contributed by atoms with Crippen molar-refractivity contribution in [3.8, 4) is 0 Å². The number of imidazole rings is 1. The summed E-state index contributed by atoms with van der Waals surface area (Å²) < 4.78 is 1.96. The van der Waals surface area contributed by atoms with E-state index in [-0.39, 0.29) is 17.6 Å². The first kappa shape index (κ1) is 20.4. The van der Waals surface area contributed by atoms with E-state index in [0.29, 0.717) is 17.1 Å². The molecule has 0 radical (unpaired) electrons. The lowest BCUT2D eigenvalue weighted by Crippen LogP contribution is -2.22. The minimum atomic E-state index is -0.233. The summed E-state index contributed by atoms with van der Waals surface area (Å²) in [4.78, 5) is 27.8. The van der Waals surface area contributed by atoms with Gasteiger partial charge >= 0.3 is 0 Å². The number of nitrogens with zero attached hydrogens (tertiary/aromatic N) is 6. The van der Waals surface area contributed by atoms with Crippen molar-refractivity contribution in [2.24, 2.45) is 5.11 Å². The molecule has 152 valence electrons. The highest BCUT2D eigenvalue weighted by Crippen LogP contribution is 2.31. The fraction of sp³-hybridized carbons (Fsp3) is 0.750. The molecule has 1 aliphatic carbocycles. The van der Waals surface area contributed by atoms with Crippen LogP contribution in [0.1, 0.15) is 95.8 Å². The van der Waals surface area contributed by atoms with E-state index < -0.39 is 0 Å². The largest absolute Gasteiger partial charge is 0.312 e. The molecule has 2 aromatic rings. The number of azide groups is 1. The molecule has 0 aromatic carbocycles. The van der Waals surface area contributed by atoms with Crippen LogP contribution in [0, 0.1) is 0 Å². The van der Waals surface area contributed by atoms with Gasteiger partial charge in [0, 0.05) is 16.9 Å². The van der Waals surface area contributed by atoms with Crippen LogP contribution in [0.25, 0.3) is 21.6 Å². The quantitative estimate of drug-likeness (QED) is 0.270. The maximum absolute atomic E-state index is 12.6. The van der Waals surface area contributed by atoms with Gasteiger partial charge in [0.05, 0.1) is 12.4 Å². The molecule has 0 saturated heterocycles. The molecule has 2 atom stereocenters. The molecule has 0 amide bonds. The summed E-state index contributed by atoms with van der Waals surface area (Å²) in [5.41, 5.74) is 9.73. The molecule has 1 fully saturated rings. The van der Waals surface area contributed by atoms with Crippen molar-refractivity contribution < 1.29 is 0 Å². The number of fused-ring (bicyclic) bond motifs is 1. The Kier molecular flexibility index (Phi) is 7.09. The van der Waals surface area contributed by atoms with Crippen molar-refractivity contribution >= 4 is 11.2 Å². The van der Waals surface area contributed by atoms with Gasteiger partial charge in [-0.3, -0.25) is 4.79 Å². The number of aromatic amines is 1. The highest BCUT2D eigenvalue weighted by atomic mass is 16.1. The second kappa shape index (κ2) is 9.73. The first-order chi connectivity index (χ1) is 13.7. The molecular weight excluding hydrogens is 354 g/mol. The monoisotopic (exact) mass is 385 g/mol. The van der Waals surface area contributed by atoms with Gasteiger partial charge in [0.2, 0.25) is 0 Å². The van der Waals surface area contributed by atoms with Gasteiger partial charge in [-0.2, -0.15) is 0 Å². The first-order valence-corrected chi connectivity index (χ1v) is 10.7. The zero-order chi connectivity index (χ0) is 19.9. The Balaban J connectivity index is 1.96. The van der Waals surface area contributed by atoms with Gasteiger partial charge in [0.25, 0.3) is 5.56 Å². The van der Waals surface area contributed by atoms with Crippen LogP contribution in [-0.4, -0.2) is 25.6 Å². The summed E-state index contributed by atoms with van der Waals surface area (Å²) in [6, 6.07) is -0.283. The minimum absolute atomic E-state index is 0.0498. The Morgan fingerprint density at radius 3 is 2.82 bits per heavy atom. The third-order valence-corrected chi connectivity index (χ3v) is 5.94. The van der Waals surface area contributed by atoms with E-state index in [1.165, 1.54) is 32.1 Å². The lowest BCUT2D eigenvalue weighted by Gasteiger charge is -2.23. The fourth-order valence-electron chi connectivity index (χ4n) is 4.31. The van der Waals surface area contributed by atoms with Crippen molar-refractivity contribution in [1.82, 2.24) is 19.5 Å². The smallest absolute Gasteiger partial charge is 0.279 e. The second-order valence-electron chi connectivity index (χ2n) is 7.97. The summed E-state index contributed by atoms with van der Waals surface area (Å²) in [6.07, 6.45) is 12.9. The molecule has 1 aliphatic rings. The lowest BCUT2D eigenvalue weighted by molar-refractivity contribution is 0.389. The Hall–Kier alpha value is -2.34. The number of aromatic nitrogens is 4. The third kappa shape index (κ3) is 4.55. The second-order valence-corrected chi connectivity index (χ2v) is 7.97. The standard InChI is InChI=1S/C20H31N7O/c1-3-4-5-9-12-16(14(2)25-26-21)27-13-22-17-19(27)23-18(24-20(17)28)15-10-7-6-8-11-15/h13-16H,3-12H2,1-2H3,(H,23,24,28). The molecule has 8 heteroatoms. The van der Waals surface area contributed by atoms with Crippen LogP contribution in [0.4, 0.5) is 0 Å². The highest BCUT2D eigenvalue weighted by Gasteiger charge is 2.24. The Morgan fingerprint density at radius 2 is 2.11 bits per heavy atom. The zero-order valence-electron chi connectivity index (χ0n) is 17.0. The SMILES string of the molecule is CCCCCCC(C(C)N=[N+]=[N-])n1cnc2c(=O)[nH]c(C3CCCCC3)nc21. The van der Waals surface area contributed by atoms with Crippen LogP contribution >= 0.6 is 0 Å². The summed E-state index contributed by atoms with van der Waals surface area (Å²) in [5, 5.41) is 3.94. The molecule has 1 saturated carbocycles. The van der Waals surface area contributed by atoms with E-state index in [2.05, 4.69) is 26.9 Å². The maximum atomic E-state index is 12.6. The number of hydrogen-bond donors (Lipinski definition) is 1. The van der Waals surface area contributed by atoms with Gasteiger partial charge in [0.1, 0.15) is 5.82 Å². The average molecular weight is 386 g/mol. The number of H-pyrrole nitrogens is 1. The lowest BCUT2D eigenvalue weighted by atomic mass is 9.89. The van der Waals surface area contributed by atoms with Crippen LogP contribution in [0.5, 0.6) is 0 Å². The molecule has 2 unspecified atom stereocenters. The van der Waals surface area contributed by atoms with Gasteiger partial charge in [-0.1, -0.05) is 63.9 Å². The van der Waals surface area contributed by atoms with Crippen LogP contribution in [0.15, 0.2) is 16.2 Å². The third-order valence-electron chi connectivity index (χ3n) is 5.94.